The normalized spacial score (nSPS) is 11.8. The highest BCUT2D eigenvalue weighted by Crippen LogP contribution is 1.99. The molecule has 0 fully saturated rings. The monoisotopic (exact) mass is 237 g/mol. The summed E-state index contributed by atoms with van der Waals surface area (Å²) in [6, 6.07) is -1.52. The molecule has 0 saturated heterocycles. The number of ketones is 1. The van der Waals surface area contributed by atoms with Crippen molar-refractivity contribution in [1.82, 2.24) is 0 Å². The number of hydrogen-bond acceptors (Lipinski definition) is 5. The molecule has 0 aromatic carbocycles. The number of carbonyl (C=O) groups excluding carboxylic acids is 2. The van der Waals surface area contributed by atoms with Gasteiger partial charge in [-0.3, -0.25) is 4.79 Å². The summed E-state index contributed by atoms with van der Waals surface area (Å²) in [5, 5.41) is 2.29. The van der Waals surface area contributed by atoms with Crippen LogP contribution in [0.3, 0.4) is 0 Å². The van der Waals surface area contributed by atoms with Gasteiger partial charge in [-0.15, -0.1) is 4.91 Å². The minimum absolute atomic E-state index is 0.0811. The Hall–Kier alpha value is -0.780. The molecule has 5 nitrogen and oxygen atoms in total. The van der Waals surface area contributed by atoms with E-state index in [1.165, 1.54) is 0 Å². The van der Waals surface area contributed by atoms with Crippen LogP contribution in [0.15, 0.2) is 5.18 Å². The second-order valence-corrected chi connectivity index (χ2v) is 2.42. The number of esters is 1. The molecule has 0 heterocycles. The Labute approximate surface area is 77.6 Å². The Morgan fingerprint density at radius 3 is 2.50 bits per heavy atom. The highest BCUT2D eigenvalue weighted by Gasteiger charge is 2.27. The van der Waals surface area contributed by atoms with Gasteiger partial charge >= 0.3 is 5.97 Å². The largest absolute Gasteiger partial charge is 0.464 e. The van der Waals surface area contributed by atoms with Crippen LogP contribution in [0.1, 0.15) is 6.92 Å². The predicted molar refractivity (Wildman–Crippen MR) is 45.0 cm³/mol. The van der Waals surface area contributed by atoms with Crippen LogP contribution in [0.5, 0.6) is 0 Å². The molecule has 0 spiro atoms. The molecule has 0 saturated carbocycles. The molecule has 0 aliphatic rings. The molecule has 0 aromatic heterocycles. The van der Waals surface area contributed by atoms with E-state index in [9.17, 15) is 14.5 Å². The predicted octanol–water partition coefficient (Wildman–Crippen LogP) is 0.648. The Morgan fingerprint density at radius 1 is 1.58 bits per heavy atom. The minimum Gasteiger partial charge on any atom is -0.464 e. The lowest BCUT2D eigenvalue weighted by Crippen LogP contribution is -2.30. The van der Waals surface area contributed by atoms with E-state index in [4.69, 9.17) is 0 Å². The Balaban J connectivity index is 4.23. The maximum Gasteiger partial charge on any atom is 0.342 e. The molecule has 0 radical (unpaired) electrons. The quantitative estimate of drug-likeness (QED) is 0.305. The van der Waals surface area contributed by atoms with E-state index in [1.807, 2.05) is 0 Å². The van der Waals surface area contributed by atoms with E-state index in [-0.39, 0.29) is 11.9 Å². The molecular formula is C6H8BrNO4. The fourth-order valence-corrected chi connectivity index (χ4v) is 0.834. The third kappa shape index (κ3) is 3.08. The van der Waals surface area contributed by atoms with E-state index in [2.05, 4.69) is 25.8 Å². The van der Waals surface area contributed by atoms with Crippen LogP contribution in [0.4, 0.5) is 0 Å². The van der Waals surface area contributed by atoms with Crippen molar-refractivity contribution in [2.24, 2.45) is 5.18 Å². The molecular weight excluding hydrogens is 230 g/mol. The zero-order valence-corrected chi connectivity index (χ0v) is 8.04. The lowest BCUT2D eigenvalue weighted by atomic mass is 10.2. The second-order valence-electron chi connectivity index (χ2n) is 1.86. The standard InChI is InChI=1S/C6H8BrNO4/c1-2-12-6(10)5(8-11)4(9)3-7/h5H,2-3H2,1H3. The molecule has 0 aliphatic heterocycles. The van der Waals surface area contributed by atoms with Crippen molar-refractivity contribution >= 4 is 27.7 Å². The van der Waals surface area contributed by atoms with E-state index < -0.39 is 17.8 Å². The van der Waals surface area contributed by atoms with E-state index in [0.29, 0.717) is 0 Å². The van der Waals surface area contributed by atoms with Crippen LogP contribution in [-0.2, 0) is 14.3 Å². The van der Waals surface area contributed by atoms with Crippen molar-refractivity contribution in [3.05, 3.63) is 4.91 Å². The van der Waals surface area contributed by atoms with Crippen molar-refractivity contribution in [1.29, 1.82) is 0 Å². The maximum absolute atomic E-state index is 10.8. The third-order valence-corrected chi connectivity index (χ3v) is 1.60. The number of nitrogens with zero attached hydrogens (tertiary/aromatic N) is 1. The summed E-state index contributed by atoms with van der Waals surface area (Å²) in [4.78, 5) is 31.7. The van der Waals surface area contributed by atoms with Crippen molar-refractivity contribution in [2.75, 3.05) is 11.9 Å². The molecule has 0 amide bonds. The zero-order valence-electron chi connectivity index (χ0n) is 6.45. The van der Waals surface area contributed by atoms with Gasteiger partial charge in [0.25, 0.3) is 0 Å². The van der Waals surface area contributed by atoms with Crippen molar-refractivity contribution in [3.63, 3.8) is 0 Å². The third-order valence-electron chi connectivity index (χ3n) is 1.05. The number of Topliss-reactive ketones (excluding diaryl/α,β-unsaturated/α-hetero) is 1. The van der Waals surface area contributed by atoms with Gasteiger partial charge in [-0.1, -0.05) is 15.9 Å². The van der Waals surface area contributed by atoms with Crippen LogP contribution >= 0.6 is 15.9 Å². The summed E-state index contributed by atoms with van der Waals surface area (Å²) in [7, 11) is 0. The van der Waals surface area contributed by atoms with Gasteiger partial charge in [-0.25, -0.2) is 4.79 Å². The van der Waals surface area contributed by atoms with Crippen LogP contribution in [0.2, 0.25) is 0 Å². The fraction of sp³-hybridized carbons (Fsp3) is 0.667. The topological polar surface area (TPSA) is 72.8 Å². The molecule has 1 unspecified atom stereocenters. The number of rotatable bonds is 5. The summed E-state index contributed by atoms with van der Waals surface area (Å²) in [6.45, 7) is 1.71. The Bertz CT molecular complexity index is 194. The summed E-state index contributed by atoms with van der Waals surface area (Å²) in [5.41, 5.74) is 0. The van der Waals surface area contributed by atoms with E-state index >= 15 is 0 Å². The molecule has 12 heavy (non-hydrogen) atoms. The van der Waals surface area contributed by atoms with Crippen molar-refractivity contribution in [2.45, 2.75) is 13.0 Å². The lowest BCUT2D eigenvalue weighted by Gasteiger charge is -2.04. The fourth-order valence-electron chi connectivity index (χ4n) is 0.528. The first kappa shape index (κ1) is 11.2. The van der Waals surface area contributed by atoms with Gasteiger partial charge in [0.1, 0.15) is 0 Å². The number of ether oxygens (including phenoxy) is 1. The number of hydrogen-bond donors (Lipinski definition) is 0. The van der Waals surface area contributed by atoms with Gasteiger partial charge in [-0.05, 0) is 12.1 Å². The van der Waals surface area contributed by atoms with Gasteiger partial charge in [0.15, 0.2) is 5.78 Å². The van der Waals surface area contributed by atoms with E-state index in [0.717, 1.165) is 0 Å². The first-order chi connectivity index (χ1) is 5.67. The van der Waals surface area contributed by atoms with Gasteiger partial charge in [0.2, 0.25) is 6.04 Å². The van der Waals surface area contributed by atoms with E-state index in [1.54, 1.807) is 6.92 Å². The molecule has 6 heteroatoms. The molecule has 0 aliphatic carbocycles. The van der Waals surface area contributed by atoms with Crippen LogP contribution in [0, 0.1) is 4.91 Å². The zero-order chi connectivity index (χ0) is 9.56. The lowest BCUT2D eigenvalue weighted by molar-refractivity contribution is -0.146. The average Bonchev–Trinajstić information content (AvgIpc) is 2.06. The van der Waals surface area contributed by atoms with Crippen LogP contribution < -0.4 is 0 Å². The number of carbonyl (C=O) groups is 2. The smallest absolute Gasteiger partial charge is 0.342 e. The molecule has 0 bridgehead atoms. The van der Waals surface area contributed by atoms with Gasteiger partial charge in [0, 0.05) is 0 Å². The number of nitroso groups, excluding NO2 is 1. The van der Waals surface area contributed by atoms with Gasteiger partial charge in [-0.2, -0.15) is 0 Å². The molecule has 0 N–H and O–H groups in total. The van der Waals surface area contributed by atoms with Crippen LogP contribution in [0.25, 0.3) is 0 Å². The van der Waals surface area contributed by atoms with Crippen molar-refractivity contribution < 1.29 is 14.3 Å². The SMILES string of the molecule is CCOC(=O)C(N=O)C(=O)CBr. The first-order valence-corrected chi connectivity index (χ1v) is 4.37. The maximum atomic E-state index is 10.8. The molecule has 1 atom stereocenters. The molecule has 0 aromatic rings. The summed E-state index contributed by atoms with van der Waals surface area (Å²) in [6.07, 6.45) is 0. The summed E-state index contributed by atoms with van der Waals surface area (Å²) < 4.78 is 4.44. The minimum atomic E-state index is -1.52. The van der Waals surface area contributed by atoms with Gasteiger partial charge < -0.3 is 4.74 Å². The highest BCUT2D eigenvalue weighted by atomic mass is 79.9. The number of halogens is 1. The summed E-state index contributed by atoms with van der Waals surface area (Å²) in [5.74, 6) is -1.49. The first-order valence-electron chi connectivity index (χ1n) is 3.25. The van der Waals surface area contributed by atoms with Crippen molar-refractivity contribution in [3.8, 4) is 0 Å². The highest BCUT2D eigenvalue weighted by molar-refractivity contribution is 9.09. The summed E-state index contributed by atoms with van der Waals surface area (Å²) >= 11 is 2.82. The molecule has 68 valence electrons. The van der Waals surface area contributed by atoms with Crippen LogP contribution in [-0.4, -0.2) is 29.7 Å². The average molecular weight is 238 g/mol. The second kappa shape index (κ2) is 5.82. The Morgan fingerprint density at radius 2 is 2.17 bits per heavy atom. The Kier molecular flexibility index (Phi) is 5.44. The molecule has 0 rings (SSSR count). The number of alkyl halides is 1. The van der Waals surface area contributed by atoms with Gasteiger partial charge in [0.05, 0.1) is 11.9 Å².